The van der Waals surface area contributed by atoms with Crippen LogP contribution in [0, 0.1) is 13.8 Å². The van der Waals surface area contributed by atoms with Crippen molar-refractivity contribution in [3.8, 4) is 11.5 Å². The van der Waals surface area contributed by atoms with Crippen LogP contribution in [0.5, 0.6) is 11.5 Å². The molecule has 2 rings (SSSR count). The van der Waals surface area contributed by atoms with Crippen molar-refractivity contribution in [2.45, 2.75) is 20.3 Å². The number of nitrogens with one attached hydrogen (secondary N) is 3. The number of carbonyl (C=O) groups excluding carboxylic acids is 2. The number of benzene rings is 2. The largest absolute Gasteiger partial charge is 0.495 e. The number of hydrazine groups is 1. The van der Waals surface area contributed by atoms with Gasteiger partial charge in [0.25, 0.3) is 5.91 Å². The number of aryl methyl sites for hydroxylation is 2. The van der Waals surface area contributed by atoms with Crippen molar-refractivity contribution >= 4 is 17.5 Å². The minimum Gasteiger partial charge on any atom is -0.495 e. The van der Waals surface area contributed by atoms with Gasteiger partial charge in [0.05, 0.1) is 19.2 Å². The van der Waals surface area contributed by atoms with Crippen molar-refractivity contribution in [1.29, 1.82) is 0 Å². The molecular weight excluding hydrogens is 358 g/mol. The number of hydrogen-bond acceptors (Lipinski definition) is 5. The van der Waals surface area contributed by atoms with Gasteiger partial charge in [-0.25, -0.2) is 0 Å². The number of ether oxygens (including phenoxy) is 2. The molecule has 2 aromatic rings. The molecule has 3 N–H and O–H groups in total. The highest BCUT2D eigenvalue weighted by Crippen LogP contribution is 2.25. The molecule has 0 aliphatic carbocycles. The number of carbonyl (C=O) groups is 2. The van der Waals surface area contributed by atoms with Crippen molar-refractivity contribution in [2.24, 2.45) is 0 Å². The van der Waals surface area contributed by atoms with Gasteiger partial charge < -0.3 is 20.2 Å². The zero-order valence-electron chi connectivity index (χ0n) is 16.3. The van der Waals surface area contributed by atoms with Gasteiger partial charge in [0.2, 0.25) is 5.91 Å². The maximum absolute atomic E-state index is 12.2. The molecule has 0 radical (unpaired) electrons. The van der Waals surface area contributed by atoms with Gasteiger partial charge in [-0.15, -0.1) is 0 Å². The Hall–Kier alpha value is -3.48. The molecule has 7 heteroatoms. The number of anilines is 1. The average Bonchev–Trinajstić information content (AvgIpc) is 2.66. The van der Waals surface area contributed by atoms with E-state index in [1.807, 2.05) is 44.2 Å². The average molecular weight is 383 g/mol. The lowest BCUT2D eigenvalue weighted by Crippen LogP contribution is -2.40. The number of amides is 2. The molecule has 0 heterocycles. The molecule has 28 heavy (non-hydrogen) atoms. The lowest BCUT2D eigenvalue weighted by atomic mass is 10.2. The third-order valence-electron chi connectivity index (χ3n) is 3.83. The number of methoxy groups -OCH3 is 1. The lowest BCUT2D eigenvalue weighted by molar-refractivity contribution is -0.124. The van der Waals surface area contributed by atoms with Crippen LogP contribution in [-0.4, -0.2) is 25.5 Å². The summed E-state index contributed by atoms with van der Waals surface area (Å²) in [6.07, 6.45) is -0.0178. The number of hydrogen-bond donors (Lipinski definition) is 3. The second kappa shape index (κ2) is 10.0. The quantitative estimate of drug-likeness (QED) is 0.580. The third kappa shape index (κ3) is 6.35. The van der Waals surface area contributed by atoms with Crippen molar-refractivity contribution in [2.75, 3.05) is 19.0 Å². The van der Waals surface area contributed by atoms with E-state index in [0.717, 1.165) is 11.1 Å². The van der Waals surface area contributed by atoms with E-state index in [1.54, 1.807) is 12.1 Å². The Morgan fingerprint density at radius 1 is 1.00 bits per heavy atom. The Morgan fingerprint density at radius 3 is 2.46 bits per heavy atom. The monoisotopic (exact) mass is 383 g/mol. The highest BCUT2D eigenvalue weighted by molar-refractivity contribution is 5.93. The van der Waals surface area contributed by atoms with E-state index in [1.165, 1.54) is 7.11 Å². The Kier molecular flexibility index (Phi) is 7.45. The van der Waals surface area contributed by atoms with Gasteiger partial charge in [-0.05, 0) is 43.2 Å². The number of rotatable bonds is 9. The SMILES string of the molecule is C=C(CC(=O)Nc1cc(C)ccc1OC)NNC(=O)COc1ccccc1C. The van der Waals surface area contributed by atoms with E-state index in [9.17, 15) is 9.59 Å². The summed E-state index contributed by atoms with van der Waals surface area (Å²) >= 11 is 0. The summed E-state index contributed by atoms with van der Waals surface area (Å²) in [5.41, 5.74) is 7.93. The molecule has 0 saturated carbocycles. The van der Waals surface area contributed by atoms with Gasteiger partial charge in [0.15, 0.2) is 6.61 Å². The summed E-state index contributed by atoms with van der Waals surface area (Å²) in [6, 6.07) is 12.9. The van der Waals surface area contributed by atoms with Gasteiger partial charge in [0.1, 0.15) is 11.5 Å². The maximum Gasteiger partial charge on any atom is 0.276 e. The van der Waals surface area contributed by atoms with E-state index in [0.29, 0.717) is 22.9 Å². The van der Waals surface area contributed by atoms with Crippen LogP contribution < -0.4 is 25.6 Å². The fraction of sp³-hybridized carbons (Fsp3) is 0.238. The van der Waals surface area contributed by atoms with E-state index in [4.69, 9.17) is 9.47 Å². The normalized spacial score (nSPS) is 9.96. The summed E-state index contributed by atoms with van der Waals surface area (Å²) in [5.74, 6) is 0.541. The van der Waals surface area contributed by atoms with Crippen LogP contribution >= 0.6 is 0 Å². The van der Waals surface area contributed by atoms with E-state index >= 15 is 0 Å². The molecule has 0 aliphatic rings. The van der Waals surface area contributed by atoms with Crippen LogP contribution in [0.2, 0.25) is 0 Å². The summed E-state index contributed by atoms with van der Waals surface area (Å²) in [7, 11) is 1.54. The van der Waals surface area contributed by atoms with Crippen LogP contribution in [0.1, 0.15) is 17.5 Å². The molecule has 0 saturated heterocycles. The highest BCUT2D eigenvalue weighted by atomic mass is 16.5. The van der Waals surface area contributed by atoms with Crippen molar-refractivity contribution in [1.82, 2.24) is 10.9 Å². The molecule has 0 spiro atoms. The zero-order valence-corrected chi connectivity index (χ0v) is 16.3. The van der Waals surface area contributed by atoms with E-state index in [2.05, 4.69) is 22.7 Å². The highest BCUT2D eigenvalue weighted by Gasteiger charge is 2.10. The zero-order chi connectivity index (χ0) is 20.5. The number of para-hydroxylation sites is 1. The first-order valence-electron chi connectivity index (χ1n) is 8.74. The summed E-state index contributed by atoms with van der Waals surface area (Å²) < 4.78 is 10.7. The molecule has 0 atom stereocenters. The topological polar surface area (TPSA) is 88.7 Å². The van der Waals surface area contributed by atoms with Gasteiger partial charge in [-0.2, -0.15) is 0 Å². The fourth-order valence-corrected chi connectivity index (χ4v) is 2.41. The predicted molar refractivity (Wildman–Crippen MR) is 108 cm³/mol. The van der Waals surface area contributed by atoms with Crippen LogP contribution in [0.25, 0.3) is 0 Å². The summed E-state index contributed by atoms with van der Waals surface area (Å²) in [6.45, 7) is 7.41. The second-order valence-electron chi connectivity index (χ2n) is 6.26. The van der Waals surface area contributed by atoms with Gasteiger partial charge in [0, 0.05) is 5.70 Å². The van der Waals surface area contributed by atoms with Crippen LogP contribution in [0.15, 0.2) is 54.7 Å². The van der Waals surface area contributed by atoms with Gasteiger partial charge >= 0.3 is 0 Å². The summed E-state index contributed by atoms with van der Waals surface area (Å²) in [5, 5.41) is 2.77. The molecule has 7 nitrogen and oxygen atoms in total. The van der Waals surface area contributed by atoms with E-state index < -0.39 is 0 Å². The smallest absolute Gasteiger partial charge is 0.276 e. The first-order valence-corrected chi connectivity index (χ1v) is 8.74. The molecule has 2 amide bonds. The summed E-state index contributed by atoms with van der Waals surface area (Å²) in [4.78, 5) is 24.1. The first kappa shape index (κ1) is 20.8. The Labute approximate surface area is 164 Å². The molecule has 148 valence electrons. The predicted octanol–water partition coefficient (Wildman–Crippen LogP) is 2.85. The van der Waals surface area contributed by atoms with Crippen LogP contribution in [0.3, 0.4) is 0 Å². The van der Waals surface area contributed by atoms with E-state index in [-0.39, 0.29) is 24.8 Å². The van der Waals surface area contributed by atoms with Crippen LogP contribution in [0.4, 0.5) is 5.69 Å². The standard InChI is InChI=1S/C21H25N3O4/c1-14-9-10-19(27-4)17(11-14)22-20(25)12-16(3)23-24-21(26)13-28-18-8-6-5-7-15(18)2/h5-11,23H,3,12-13H2,1-2,4H3,(H,22,25)(H,24,26). The minimum atomic E-state index is -0.384. The molecule has 2 aromatic carbocycles. The first-order chi connectivity index (χ1) is 13.4. The molecule has 0 bridgehead atoms. The Balaban J connectivity index is 1.76. The molecular formula is C21H25N3O4. The molecule has 0 fully saturated rings. The maximum atomic E-state index is 12.2. The van der Waals surface area contributed by atoms with Gasteiger partial charge in [-0.1, -0.05) is 30.8 Å². The minimum absolute atomic E-state index is 0.0178. The molecule has 0 aliphatic heterocycles. The molecule has 0 aromatic heterocycles. The van der Waals surface area contributed by atoms with Crippen molar-refractivity contribution < 1.29 is 19.1 Å². The van der Waals surface area contributed by atoms with Crippen LogP contribution in [-0.2, 0) is 9.59 Å². The Bertz CT molecular complexity index is 864. The van der Waals surface area contributed by atoms with Gasteiger partial charge in [-0.3, -0.25) is 15.0 Å². The molecule has 0 unspecified atom stereocenters. The van der Waals surface area contributed by atoms with Crippen molar-refractivity contribution in [3.63, 3.8) is 0 Å². The second-order valence-corrected chi connectivity index (χ2v) is 6.26. The third-order valence-corrected chi connectivity index (χ3v) is 3.83. The fourth-order valence-electron chi connectivity index (χ4n) is 2.41. The van der Waals surface area contributed by atoms with Crippen molar-refractivity contribution in [3.05, 3.63) is 65.9 Å². The Morgan fingerprint density at radius 2 is 1.75 bits per heavy atom. The lowest BCUT2D eigenvalue weighted by Gasteiger charge is -2.14.